The monoisotopic (exact) mass is 348 g/mol. The number of hydrogen-bond donors (Lipinski definition) is 2. The molecule has 0 spiro atoms. The van der Waals surface area contributed by atoms with Gasteiger partial charge in [0.1, 0.15) is 0 Å². The van der Waals surface area contributed by atoms with Crippen LogP contribution in [0.15, 0.2) is 56.6 Å². The Kier molecular flexibility index (Phi) is 3.64. The highest BCUT2D eigenvalue weighted by Gasteiger charge is 2.16. The molecule has 9 heteroatoms. The highest BCUT2D eigenvalue weighted by atomic mass is 32.2. The summed E-state index contributed by atoms with van der Waals surface area (Å²) in [4.78, 5) is 22.2. The molecule has 3 aromatic rings. The summed E-state index contributed by atoms with van der Waals surface area (Å²) in [6.45, 7) is 0. The zero-order valence-corrected chi connectivity index (χ0v) is 13.2. The van der Waals surface area contributed by atoms with Gasteiger partial charge >= 0.3 is 11.7 Å². The molecule has 0 radical (unpaired) electrons. The molecule has 0 bridgehead atoms. The number of aromatic nitrogens is 1. The zero-order valence-electron chi connectivity index (χ0n) is 12.4. The molecule has 0 amide bonds. The van der Waals surface area contributed by atoms with Gasteiger partial charge in [0.05, 0.1) is 21.7 Å². The maximum Gasteiger partial charge on any atom is 0.419 e. The molecule has 1 heterocycles. The number of nitrogens with one attached hydrogen (secondary N) is 1. The van der Waals surface area contributed by atoms with Crippen molar-refractivity contribution in [1.82, 2.24) is 4.57 Å². The first kappa shape index (κ1) is 15.8. The second-order valence-corrected chi connectivity index (χ2v) is 6.73. The Morgan fingerprint density at radius 3 is 2.46 bits per heavy atom. The van der Waals surface area contributed by atoms with Gasteiger partial charge < -0.3 is 9.52 Å². The van der Waals surface area contributed by atoms with Crippen LogP contribution in [0.1, 0.15) is 10.4 Å². The van der Waals surface area contributed by atoms with Crippen LogP contribution in [0.25, 0.3) is 11.1 Å². The molecule has 2 N–H and O–H groups in total. The smallest absolute Gasteiger partial charge is 0.419 e. The lowest BCUT2D eigenvalue weighted by atomic mass is 10.2. The quantitative estimate of drug-likeness (QED) is 0.740. The second kappa shape index (κ2) is 5.53. The van der Waals surface area contributed by atoms with Crippen molar-refractivity contribution in [3.63, 3.8) is 0 Å². The normalized spacial score (nSPS) is 11.5. The number of aryl methyl sites for hydroxylation is 1. The fourth-order valence-corrected chi connectivity index (χ4v) is 3.24. The van der Waals surface area contributed by atoms with Crippen molar-refractivity contribution in [2.45, 2.75) is 4.90 Å². The highest BCUT2D eigenvalue weighted by Crippen LogP contribution is 2.21. The topological polar surface area (TPSA) is 119 Å². The minimum absolute atomic E-state index is 0.0126. The van der Waals surface area contributed by atoms with Gasteiger partial charge in [-0.25, -0.2) is 18.0 Å². The predicted octanol–water partition coefficient (Wildman–Crippen LogP) is 1.63. The summed E-state index contributed by atoms with van der Waals surface area (Å²) in [6, 6.07) is 9.28. The first-order valence-electron chi connectivity index (χ1n) is 6.74. The number of carbonyl (C=O) groups is 1. The fraction of sp³-hybridized carbons (Fsp3) is 0.0667. The number of aromatic carboxylic acids is 1. The van der Waals surface area contributed by atoms with Gasteiger partial charge in [-0.05, 0) is 36.4 Å². The molecule has 0 aliphatic carbocycles. The Bertz CT molecular complexity index is 1090. The third-order valence-corrected chi connectivity index (χ3v) is 4.85. The van der Waals surface area contributed by atoms with E-state index in [4.69, 9.17) is 9.52 Å². The van der Waals surface area contributed by atoms with E-state index in [-0.39, 0.29) is 21.7 Å². The number of fused-ring (bicyclic) bond motifs is 1. The van der Waals surface area contributed by atoms with E-state index in [0.717, 1.165) is 0 Å². The molecule has 0 aliphatic heterocycles. The van der Waals surface area contributed by atoms with Crippen molar-refractivity contribution in [3.8, 4) is 0 Å². The van der Waals surface area contributed by atoms with Gasteiger partial charge in [0.25, 0.3) is 10.0 Å². The van der Waals surface area contributed by atoms with E-state index in [2.05, 4.69) is 4.72 Å². The standard InChI is InChI=1S/C15H12N2O6S/c1-17-12-7-4-10(8-13(12)23-15(17)20)16-24(21,22)11-5-2-9(3-6-11)14(18)19/h2-8,16H,1H3,(H,18,19). The minimum Gasteiger partial charge on any atom is -0.478 e. The summed E-state index contributed by atoms with van der Waals surface area (Å²) in [6.07, 6.45) is 0. The summed E-state index contributed by atoms with van der Waals surface area (Å²) in [5, 5.41) is 8.84. The number of anilines is 1. The molecule has 0 saturated carbocycles. The lowest BCUT2D eigenvalue weighted by Crippen LogP contribution is -2.13. The molecule has 0 unspecified atom stereocenters. The molecule has 0 fully saturated rings. The Labute approximate surface area is 136 Å². The van der Waals surface area contributed by atoms with Crippen LogP contribution in [0.5, 0.6) is 0 Å². The number of sulfonamides is 1. The van der Waals surface area contributed by atoms with Crippen LogP contribution in [0.2, 0.25) is 0 Å². The van der Waals surface area contributed by atoms with Gasteiger partial charge in [-0.2, -0.15) is 0 Å². The Morgan fingerprint density at radius 1 is 1.17 bits per heavy atom. The van der Waals surface area contributed by atoms with Gasteiger partial charge in [0.15, 0.2) is 5.58 Å². The van der Waals surface area contributed by atoms with Gasteiger partial charge in [0.2, 0.25) is 0 Å². The van der Waals surface area contributed by atoms with Gasteiger partial charge in [0, 0.05) is 13.1 Å². The molecule has 24 heavy (non-hydrogen) atoms. The van der Waals surface area contributed by atoms with E-state index in [0.29, 0.717) is 5.52 Å². The fourth-order valence-electron chi connectivity index (χ4n) is 2.19. The number of rotatable bonds is 4. The second-order valence-electron chi connectivity index (χ2n) is 5.04. The zero-order chi connectivity index (χ0) is 17.5. The Balaban J connectivity index is 1.94. The van der Waals surface area contributed by atoms with Crippen molar-refractivity contribution in [2.75, 3.05) is 4.72 Å². The summed E-state index contributed by atoms with van der Waals surface area (Å²) in [5.41, 5.74) is 0.998. The van der Waals surface area contributed by atoms with Crippen LogP contribution in [0, 0.1) is 0 Å². The van der Waals surface area contributed by atoms with E-state index in [1.165, 1.54) is 41.0 Å². The maximum absolute atomic E-state index is 12.3. The first-order valence-corrected chi connectivity index (χ1v) is 8.22. The maximum atomic E-state index is 12.3. The number of benzene rings is 2. The van der Waals surface area contributed by atoms with Crippen LogP contribution in [0.3, 0.4) is 0 Å². The molecule has 0 atom stereocenters. The van der Waals surface area contributed by atoms with E-state index in [1.807, 2.05) is 0 Å². The molecule has 8 nitrogen and oxygen atoms in total. The molecule has 1 aromatic heterocycles. The van der Waals surface area contributed by atoms with E-state index in [9.17, 15) is 18.0 Å². The van der Waals surface area contributed by atoms with Crippen LogP contribution in [-0.2, 0) is 17.1 Å². The van der Waals surface area contributed by atoms with Crippen molar-refractivity contribution >= 4 is 32.8 Å². The van der Waals surface area contributed by atoms with Crippen LogP contribution >= 0.6 is 0 Å². The summed E-state index contributed by atoms with van der Waals surface area (Å²) in [5.74, 6) is -1.69. The number of carboxylic acid groups (broad SMARTS) is 1. The van der Waals surface area contributed by atoms with Gasteiger partial charge in [-0.1, -0.05) is 0 Å². The van der Waals surface area contributed by atoms with Crippen LogP contribution in [-0.4, -0.2) is 24.1 Å². The summed E-state index contributed by atoms with van der Waals surface area (Å²) >= 11 is 0. The van der Waals surface area contributed by atoms with E-state index >= 15 is 0 Å². The van der Waals surface area contributed by atoms with Crippen molar-refractivity contribution < 1.29 is 22.7 Å². The van der Waals surface area contributed by atoms with Gasteiger partial charge in [-0.3, -0.25) is 9.29 Å². The predicted molar refractivity (Wildman–Crippen MR) is 85.7 cm³/mol. The largest absolute Gasteiger partial charge is 0.478 e. The third-order valence-electron chi connectivity index (χ3n) is 3.46. The minimum atomic E-state index is -3.90. The summed E-state index contributed by atoms with van der Waals surface area (Å²) in [7, 11) is -2.35. The molecule has 0 saturated heterocycles. The number of hydrogen-bond acceptors (Lipinski definition) is 5. The van der Waals surface area contributed by atoms with E-state index < -0.39 is 21.7 Å². The van der Waals surface area contributed by atoms with Crippen molar-refractivity contribution in [1.29, 1.82) is 0 Å². The molecule has 2 aromatic carbocycles. The van der Waals surface area contributed by atoms with Crippen molar-refractivity contribution in [2.24, 2.45) is 7.05 Å². The lowest BCUT2D eigenvalue weighted by molar-refractivity contribution is 0.0696. The average Bonchev–Trinajstić information content (AvgIpc) is 2.81. The third kappa shape index (κ3) is 2.76. The average molecular weight is 348 g/mol. The molecule has 3 rings (SSSR count). The molecular formula is C15H12N2O6S. The Morgan fingerprint density at radius 2 is 1.83 bits per heavy atom. The number of nitrogens with zero attached hydrogens (tertiary/aromatic N) is 1. The lowest BCUT2D eigenvalue weighted by Gasteiger charge is -2.08. The Hall–Kier alpha value is -3.07. The summed E-state index contributed by atoms with van der Waals surface area (Å²) < 4.78 is 33.3. The van der Waals surface area contributed by atoms with Gasteiger partial charge in [-0.15, -0.1) is 0 Å². The van der Waals surface area contributed by atoms with Crippen LogP contribution in [0.4, 0.5) is 5.69 Å². The van der Waals surface area contributed by atoms with Crippen LogP contribution < -0.4 is 10.5 Å². The molecule has 124 valence electrons. The SMILES string of the molecule is Cn1c(=O)oc2cc(NS(=O)(=O)c3ccc(C(=O)O)cc3)ccc21. The first-order chi connectivity index (χ1) is 11.3. The molecular weight excluding hydrogens is 336 g/mol. The van der Waals surface area contributed by atoms with E-state index in [1.54, 1.807) is 13.1 Å². The number of carboxylic acids is 1. The number of oxazole rings is 1. The van der Waals surface area contributed by atoms with Crippen molar-refractivity contribution in [3.05, 3.63) is 58.6 Å². The molecule has 0 aliphatic rings. The highest BCUT2D eigenvalue weighted by molar-refractivity contribution is 7.92.